The van der Waals surface area contributed by atoms with E-state index in [1.165, 1.54) is 0 Å². The average Bonchev–Trinajstić information content (AvgIpc) is 3.67. The summed E-state index contributed by atoms with van der Waals surface area (Å²) in [5, 5.41) is 3.83. The van der Waals surface area contributed by atoms with E-state index in [9.17, 15) is 9.59 Å². The number of benzene rings is 3. The molecule has 3 aromatic carbocycles. The van der Waals surface area contributed by atoms with Crippen molar-refractivity contribution in [1.29, 1.82) is 0 Å². The summed E-state index contributed by atoms with van der Waals surface area (Å²) in [5.74, 6) is 2.46. The van der Waals surface area contributed by atoms with Gasteiger partial charge in [0.1, 0.15) is 17.2 Å². The maximum absolute atomic E-state index is 13.3. The van der Waals surface area contributed by atoms with Crippen LogP contribution in [0.15, 0.2) is 77.2 Å². The molecule has 6 rings (SSSR count). The molecule has 9 heteroatoms. The van der Waals surface area contributed by atoms with Crippen LogP contribution in [0.3, 0.4) is 0 Å². The first-order chi connectivity index (χ1) is 19.9. The van der Waals surface area contributed by atoms with Crippen molar-refractivity contribution >= 4 is 28.4 Å². The molecular weight excluding hydrogens is 522 g/mol. The van der Waals surface area contributed by atoms with Crippen molar-refractivity contribution in [3.05, 3.63) is 95.4 Å². The van der Waals surface area contributed by atoms with Gasteiger partial charge in [-0.3, -0.25) is 9.59 Å². The number of H-pyrrole nitrogens is 1. The number of anilines is 1. The van der Waals surface area contributed by atoms with Gasteiger partial charge in [-0.25, -0.2) is 0 Å². The topological polar surface area (TPSA) is 106 Å². The minimum absolute atomic E-state index is 0.170. The Kier molecular flexibility index (Phi) is 6.84. The van der Waals surface area contributed by atoms with Crippen molar-refractivity contribution in [2.45, 2.75) is 13.0 Å². The van der Waals surface area contributed by atoms with E-state index in [4.69, 9.17) is 18.6 Å². The quantitative estimate of drug-likeness (QED) is 0.261. The molecule has 2 aromatic heterocycles. The number of methoxy groups -OCH3 is 3. The highest BCUT2D eigenvalue weighted by atomic mass is 16.5. The van der Waals surface area contributed by atoms with Crippen LogP contribution in [0.1, 0.15) is 32.2 Å². The Bertz CT molecular complexity index is 1750. The normalized spacial score (nSPS) is 12.6. The van der Waals surface area contributed by atoms with Gasteiger partial charge in [-0.15, -0.1) is 0 Å². The molecule has 3 heterocycles. The number of hydrogen-bond donors (Lipinski definition) is 2. The molecule has 0 radical (unpaired) electrons. The van der Waals surface area contributed by atoms with Gasteiger partial charge >= 0.3 is 0 Å². The third-order valence-electron chi connectivity index (χ3n) is 7.32. The Morgan fingerprint density at radius 3 is 2.34 bits per heavy atom. The number of hydrogen-bond acceptors (Lipinski definition) is 6. The summed E-state index contributed by atoms with van der Waals surface area (Å²) in [4.78, 5) is 31.0. The molecule has 0 spiro atoms. The van der Waals surface area contributed by atoms with Crippen molar-refractivity contribution < 1.29 is 28.2 Å². The molecule has 208 valence electrons. The molecule has 1 aliphatic heterocycles. The van der Waals surface area contributed by atoms with Gasteiger partial charge in [0.15, 0.2) is 17.3 Å². The number of nitrogens with zero attached hydrogens (tertiary/aromatic N) is 1. The van der Waals surface area contributed by atoms with E-state index < -0.39 is 0 Å². The lowest BCUT2D eigenvalue weighted by Gasteiger charge is -2.29. The number of fused-ring (bicyclic) bond motifs is 2. The Balaban J connectivity index is 1.12. The maximum atomic E-state index is 13.3. The van der Waals surface area contributed by atoms with Gasteiger partial charge < -0.3 is 33.8 Å². The lowest BCUT2D eigenvalue weighted by molar-refractivity contribution is 0.0703. The summed E-state index contributed by atoms with van der Waals surface area (Å²) in [5.41, 5.74) is 4.87. The second-order valence-electron chi connectivity index (χ2n) is 9.78. The van der Waals surface area contributed by atoms with Crippen LogP contribution < -0.4 is 19.5 Å². The zero-order valence-electron chi connectivity index (χ0n) is 22.9. The smallest absolute Gasteiger partial charge is 0.289 e. The monoisotopic (exact) mass is 551 g/mol. The Labute approximate surface area is 236 Å². The summed E-state index contributed by atoms with van der Waals surface area (Å²) in [6, 6.07) is 22.1. The standard InChI is InChI=1S/C32H29N3O6/c1-38-24-9-6-21-14-26(34-25(21)17-24)31(36)33-23-7-4-19(5-8-23)27-10-11-28(41-27)32(37)35-13-12-20-15-29(39-2)30(40-3)16-22(20)18-35/h4-11,14-17,34H,12-13,18H2,1-3H3,(H,33,36). The van der Waals surface area contributed by atoms with E-state index in [1.54, 1.807) is 56.6 Å². The van der Waals surface area contributed by atoms with Crippen molar-refractivity contribution in [2.75, 3.05) is 33.2 Å². The molecule has 0 bridgehead atoms. The summed E-state index contributed by atoms with van der Waals surface area (Å²) in [6.07, 6.45) is 0.717. The molecule has 2 N–H and O–H groups in total. The molecule has 0 saturated heterocycles. The average molecular weight is 552 g/mol. The Morgan fingerprint density at radius 1 is 0.854 bits per heavy atom. The van der Waals surface area contributed by atoms with Crippen LogP contribution in [0.2, 0.25) is 0 Å². The van der Waals surface area contributed by atoms with Crippen molar-refractivity contribution in [2.24, 2.45) is 0 Å². The molecule has 5 aromatic rings. The second kappa shape index (κ2) is 10.8. The van der Waals surface area contributed by atoms with Gasteiger partial charge in [-0.2, -0.15) is 0 Å². The van der Waals surface area contributed by atoms with Crippen LogP contribution >= 0.6 is 0 Å². The number of nitrogens with one attached hydrogen (secondary N) is 2. The predicted octanol–water partition coefficient (Wildman–Crippen LogP) is 5.90. The lowest BCUT2D eigenvalue weighted by atomic mass is 9.98. The number of carbonyl (C=O) groups excluding carboxylic acids is 2. The van der Waals surface area contributed by atoms with Crippen LogP contribution in [-0.4, -0.2) is 49.6 Å². The van der Waals surface area contributed by atoms with Gasteiger partial charge in [-0.1, -0.05) is 0 Å². The highest BCUT2D eigenvalue weighted by molar-refractivity contribution is 6.06. The number of carbonyl (C=O) groups is 2. The lowest BCUT2D eigenvalue weighted by Crippen LogP contribution is -2.35. The third kappa shape index (κ3) is 5.09. The molecule has 0 aliphatic carbocycles. The number of aromatic nitrogens is 1. The second-order valence-corrected chi connectivity index (χ2v) is 9.78. The van der Waals surface area contributed by atoms with Crippen LogP contribution in [0.25, 0.3) is 22.2 Å². The minimum Gasteiger partial charge on any atom is -0.497 e. The fourth-order valence-corrected chi connectivity index (χ4v) is 5.09. The largest absolute Gasteiger partial charge is 0.497 e. The molecule has 1 aliphatic rings. The van der Waals surface area contributed by atoms with Crippen LogP contribution in [0.4, 0.5) is 5.69 Å². The van der Waals surface area contributed by atoms with Crippen LogP contribution in [0.5, 0.6) is 17.2 Å². The van der Waals surface area contributed by atoms with Crippen LogP contribution in [0, 0.1) is 0 Å². The van der Waals surface area contributed by atoms with E-state index in [2.05, 4.69) is 10.3 Å². The van der Waals surface area contributed by atoms with Gasteiger partial charge in [0.2, 0.25) is 0 Å². The van der Waals surface area contributed by atoms with E-state index in [-0.39, 0.29) is 17.6 Å². The van der Waals surface area contributed by atoms with Gasteiger partial charge in [-0.05, 0) is 84.3 Å². The molecule has 0 fully saturated rings. The highest BCUT2D eigenvalue weighted by Crippen LogP contribution is 2.34. The summed E-state index contributed by atoms with van der Waals surface area (Å²) < 4.78 is 22.1. The number of amides is 2. The maximum Gasteiger partial charge on any atom is 0.289 e. The van der Waals surface area contributed by atoms with E-state index in [0.717, 1.165) is 34.0 Å². The van der Waals surface area contributed by atoms with E-state index >= 15 is 0 Å². The Morgan fingerprint density at radius 2 is 1.61 bits per heavy atom. The molecule has 0 unspecified atom stereocenters. The zero-order valence-corrected chi connectivity index (χ0v) is 22.9. The minimum atomic E-state index is -0.252. The van der Waals surface area contributed by atoms with Crippen molar-refractivity contribution in [1.82, 2.24) is 9.88 Å². The van der Waals surface area contributed by atoms with Crippen molar-refractivity contribution in [3.8, 4) is 28.6 Å². The first-order valence-electron chi connectivity index (χ1n) is 13.2. The number of rotatable bonds is 7. The SMILES string of the molecule is COc1ccc2cc(C(=O)Nc3ccc(-c4ccc(C(=O)N5CCc6cc(OC)c(OC)cc6C5)o4)cc3)[nH]c2c1. The van der Waals surface area contributed by atoms with Crippen LogP contribution in [-0.2, 0) is 13.0 Å². The highest BCUT2D eigenvalue weighted by Gasteiger charge is 2.26. The van der Waals surface area contributed by atoms with Gasteiger partial charge in [0.05, 0.1) is 21.3 Å². The number of ether oxygens (including phenoxy) is 3. The molecule has 41 heavy (non-hydrogen) atoms. The van der Waals surface area contributed by atoms with Crippen molar-refractivity contribution in [3.63, 3.8) is 0 Å². The summed E-state index contributed by atoms with van der Waals surface area (Å²) in [7, 11) is 4.82. The van der Waals surface area contributed by atoms with Gasteiger partial charge in [0, 0.05) is 41.3 Å². The Hall–Kier alpha value is -5.18. The first kappa shape index (κ1) is 26.1. The predicted molar refractivity (Wildman–Crippen MR) is 155 cm³/mol. The third-order valence-corrected chi connectivity index (χ3v) is 7.32. The number of aromatic amines is 1. The molecule has 0 saturated carbocycles. The summed E-state index contributed by atoms with van der Waals surface area (Å²) >= 11 is 0. The molecule has 9 nitrogen and oxygen atoms in total. The molecule has 2 amide bonds. The van der Waals surface area contributed by atoms with E-state index in [0.29, 0.717) is 47.5 Å². The fraction of sp³-hybridized carbons (Fsp3) is 0.188. The zero-order chi connectivity index (χ0) is 28.5. The van der Waals surface area contributed by atoms with Gasteiger partial charge in [0.25, 0.3) is 11.8 Å². The first-order valence-corrected chi connectivity index (χ1v) is 13.2. The fourth-order valence-electron chi connectivity index (χ4n) is 5.09. The summed E-state index contributed by atoms with van der Waals surface area (Å²) in [6.45, 7) is 1.04. The van der Waals surface area contributed by atoms with E-state index in [1.807, 2.05) is 42.5 Å². The molecule has 0 atom stereocenters. The number of furan rings is 1. The molecular formula is C32H29N3O6.